The monoisotopic (exact) mass is 454 g/mol. The molecule has 32 heavy (non-hydrogen) atoms. The molecule has 3 aromatic rings. The molecular weight excluding hydrogens is 424 g/mol. The number of fused-ring (bicyclic) bond motifs is 1. The number of sulfonamides is 1. The van der Waals surface area contributed by atoms with Crippen LogP contribution in [0.4, 0.5) is 0 Å². The Morgan fingerprint density at radius 1 is 1.06 bits per heavy atom. The topological polar surface area (TPSA) is 79.6 Å². The van der Waals surface area contributed by atoms with E-state index in [-0.39, 0.29) is 16.6 Å². The van der Waals surface area contributed by atoms with Crippen molar-refractivity contribution in [1.82, 2.24) is 9.62 Å². The van der Waals surface area contributed by atoms with Crippen molar-refractivity contribution in [2.45, 2.75) is 45.6 Å². The van der Waals surface area contributed by atoms with E-state index in [2.05, 4.69) is 19.2 Å². The van der Waals surface area contributed by atoms with Gasteiger partial charge in [0.25, 0.3) is 5.91 Å². The molecule has 1 saturated heterocycles. The number of piperidine rings is 1. The Morgan fingerprint density at radius 3 is 2.38 bits per heavy atom. The summed E-state index contributed by atoms with van der Waals surface area (Å²) in [6, 6.07) is 12.8. The Bertz CT molecular complexity index is 1230. The molecule has 0 aliphatic carbocycles. The van der Waals surface area contributed by atoms with E-state index in [1.807, 2.05) is 31.2 Å². The molecule has 1 fully saturated rings. The van der Waals surface area contributed by atoms with Gasteiger partial charge in [0.05, 0.1) is 4.90 Å². The molecule has 2 heterocycles. The first-order valence-electron chi connectivity index (χ1n) is 11.0. The number of hydrogen-bond donors (Lipinski definition) is 1. The van der Waals surface area contributed by atoms with Crippen molar-refractivity contribution in [2.24, 2.45) is 11.8 Å². The maximum absolute atomic E-state index is 13.3. The fourth-order valence-corrected chi connectivity index (χ4v) is 6.20. The van der Waals surface area contributed by atoms with Gasteiger partial charge in [-0.1, -0.05) is 43.7 Å². The Kier molecular flexibility index (Phi) is 6.14. The van der Waals surface area contributed by atoms with Crippen LogP contribution in [0.25, 0.3) is 11.0 Å². The molecule has 1 aliphatic heterocycles. The molecule has 1 N–H and O–H groups in total. The summed E-state index contributed by atoms with van der Waals surface area (Å²) in [7, 11) is -3.61. The van der Waals surface area contributed by atoms with Gasteiger partial charge in [-0.3, -0.25) is 4.79 Å². The molecule has 0 radical (unpaired) electrons. The van der Waals surface area contributed by atoms with Gasteiger partial charge in [-0.15, -0.1) is 0 Å². The number of nitrogens with zero attached hydrogens (tertiary/aromatic N) is 1. The largest absolute Gasteiger partial charge is 0.451 e. The number of nitrogens with one attached hydrogen (secondary N) is 1. The smallest absolute Gasteiger partial charge is 0.287 e. The minimum atomic E-state index is -3.61. The minimum absolute atomic E-state index is 0.210. The van der Waals surface area contributed by atoms with Crippen LogP contribution >= 0.6 is 0 Å². The summed E-state index contributed by atoms with van der Waals surface area (Å²) in [4.78, 5) is 13.0. The first-order chi connectivity index (χ1) is 15.1. The van der Waals surface area contributed by atoms with Gasteiger partial charge in [-0.25, -0.2) is 8.42 Å². The molecule has 6 nitrogen and oxygen atoms in total. The highest BCUT2D eigenvalue weighted by atomic mass is 32.2. The second-order valence-corrected chi connectivity index (χ2v) is 11.1. The lowest BCUT2D eigenvalue weighted by Crippen LogP contribution is -2.42. The lowest BCUT2D eigenvalue weighted by atomic mass is 9.94. The molecule has 1 amide bonds. The first-order valence-corrected chi connectivity index (χ1v) is 12.5. The van der Waals surface area contributed by atoms with E-state index in [4.69, 9.17) is 4.42 Å². The third-order valence-electron chi connectivity index (χ3n) is 6.16. The summed E-state index contributed by atoms with van der Waals surface area (Å²) >= 11 is 0. The minimum Gasteiger partial charge on any atom is -0.451 e. The van der Waals surface area contributed by atoms with Crippen molar-refractivity contribution in [2.75, 3.05) is 13.1 Å². The Morgan fingerprint density at radius 2 is 1.72 bits per heavy atom. The summed E-state index contributed by atoms with van der Waals surface area (Å²) in [5.74, 6) is 0.553. The number of hydrogen-bond acceptors (Lipinski definition) is 4. The van der Waals surface area contributed by atoms with Crippen LogP contribution in [-0.2, 0) is 16.6 Å². The van der Waals surface area contributed by atoms with Crippen LogP contribution in [0.15, 0.2) is 51.8 Å². The third-order valence-corrected chi connectivity index (χ3v) is 7.99. The van der Waals surface area contributed by atoms with Crippen molar-refractivity contribution >= 4 is 26.9 Å². The molecule has 2 aromatic carbocycles. The number of rotatable bonds is 5. The van der Waals surface area contributed by atoms with Crippen LogP contribution in [-0.4, -0.2) is 31.7 Å². The highest BCUT2D eigenvalue weighted by molar-refractivity contribution is 7.89. The van der Waals surface area contributed by atoms with E-state index in [0.717, 1.165) is 17.5 Å². The quantitative estimate of drug-likeness (QED) is 0.609. The molecule has 2 atom stereocenters. The van der Waals surface area contributed by atoms with Crippen molar-refractivity contribution in [3.8, 4) is 0 Å². The van der Waals surface area contributed by atoms with Crippen molar-refractivity contribution in [3.63, 3.8) is 0 Å². The van der Waals surface area contributed by atoms with Crippen molar-refractivity contribution in [1.29, 1.82) is 0 Å². The lowest BCUT2D eigenvalue weighted by Gasteiger charge is -2.34. The summed E-state index contributed by atoms with van der Waals surface area (Å²) in [6.45, 7) is 9.42. The number of benzene rings is 2. The maximum Gasteiger partial charge on any atom is 0.287 e. The zero-order valence-corrected chi connectivity index (χ0v) is 19.8. The highest BCUT2D eigenvalue weighted by Gasteiger charge is 2.32. The molecule has 0 unspecified atom stereocenters. The average Bonchev–Trinajstić information content (AvgIpc) is 3.08. The number of furan rings is 1. The van der Waals surface area contributed by atoms with Crippen LogP contribution in [0.3, 0.4) is 0 Å². The second-order valence-electron chi connectivity index (χ2n) is 9.15. The van der Waals surface area contributed by atoms with Crippen LogP contribution in [0.1, 0.15) is 47.5 Å². The van der Waals surface area contributed by atoms with Crippen LogP contribution in [0.2, 0.25) is 0 Å². The van der Waals surface area contributed by atoms with Gasteiger partial charge in [-0.2, -0.15) is 4.31 Å². The molecule has 0 spiro atoms. The van der Waals surface area contributed by atoms with E-state index in [9.17, 15) is 13.2 Å². The predicted molar refractivity (Wildman–Crippen MR) is 125 cm³/mol. The third kappa shape index (κ3) is 4.45. The fraction of sp³-hybridized carbons (Fsp3) is 0.400. The summed E-state index contributed by atoms with van der Waals surface area (Å²) in [6.07, 6.45) is 1.03. The Labute approximate surface area is 189 Å². The molecule has 0 saturated carbocycles. The van der Waals surface area contributed by atoms with Crippen LogP contribution in [0, 0.1) is 25.7 Å². The van der Waals surface area contributed by atoms with Crippen LogP contribution in [0.5, 0.6) is 0 Å². The van der Waals surface area contributed by atoms with Gasteiger partial charge in [0.15, 0.2) is 5.76 Å². The van der Waals surface area contributed by atoms with Gasteiger partial charge in [-0.05, 0) is 55.9 Å². The van der Waals surface area contributed by atoms with Gasteiger partial charge < -0.3 is 9.73 Å². The Hall–Kier alpha value is -2.64. The predicted octanol–water partition coefficient (Wildman–Crippen LogP) is 4.65. The van der Waals surface area contributed by atoms with Crippen molar-refractivity contribution < 1.29 is 17.6 Å². The summed E-state index contributed by atoms with van der Waals surface area (Å²) < 4.78 is 33.9. The molecule has 1 aromatic heterocycles. The van der Waals surface area contributed by atoms with Gasteiger partial charge in [0.2, 0.25) is 10.0 Å². The molecule has 170 valence electrons. The van der Waals surface area contributed by atoms with Gasteiger partial charge in [0.1, 0.15) is 5.58 Å². The number of aryl methyl sites for hydroxylation is 2. The fourth-order valence-electron chi connectivity index (χ4n) is 4.50. The average molecular weight is 455 g/mol. The number of amides is 1. The van der Waals surface area contributed by atoms with E-state index < -0.39 is 10.0 Å². The molecule has 1 aliphatic rings. The normalized spacial score (nSPS) is 19.9. The number of carbonyl (C=O) groups is 1. The van der Waals surface area contributed by atoms with E-state index in [0.29, 0.717) is 48.0 Å². The van der Waals surface area contributed by atoms with E-state index in [1.54, 1.807) is 29.4 Å². The molecule has 4 rings (SSSR count). The number of carbonyl (C=O) groups excluding carboxylic acids is 1. The maximum atomic E-state index is 13.3. The van der Waals surface area contributed by atoms with Crippen LogP contribution < -0.4 is 5.32 Å². The van der Waals surface area contributed by atoms with E-state index >= 15 is 0 Å². The highest BCUT2D eigenvalue weighted by Crippen LogP contribution is 2.31. The summed E-state index contributed by atoms with van der Waals surface area (Å²) in [5.41, 5.74) is 3.30. The zero-order valence-electron chi connectivity index (χ0n) is 19.0. The first kappa shape index (κ1) is 22.6. The molecule has 0 bridgehead atoms. The molecular formula is C25H30N2O4S. The van der Waals surface area contributed by atoms with Gasteiger partial charge in [0, 0.05) is 30.6 Å². The van der Waals surface area contributed by atoms with Gasteiger partial charge >= 0.3 is 0 Å². The lowest BCUT2D eigenvalue weighted by molar-refractivity contribution is 0.0924. The summed E-state index contributed by atoms with van der Waals surface area (Å²) in [5, 5.41) is 3.53. The SMILES string of the molecule is Cc1ccc(CNC(=O)c2oc3ccc(S(=O)(=O)N4C[C@H](C)C[C@@H](C)C4)cc3c2C)cc1. The van der Waals surface area contributed by atoms with Crippen molar-refractivity contribution in [3.05, 3.63) is 64.9 Å². The zero-order chi connectivity index (χ0) is 23.0. The Balaban J connectivity index is 1.58. The second kappa shape index (κ2) is 8.71. The molecule has 7 heteroatoms. The van der Waals surface area contributed by atoms with E-state index in [1.165, 1.54) is 0 Å². The standard InChI is InChI=1S/C25H30N2O4S/c1-16-5-7-20(8-6-16)13-26-25(28)24-19(4)22-12-21(9-10-23(22)31-24)32(29,30)27-14-17(2)11-18(3)15-27/h5-10,12,17-18H,11,13-15H2,1-4H3,(H,26,28)/t17-,18-/m1/s1.